The highest BCUT2D eigenvalue weighted by molar-refractivity contribution is 5.91. The van der Waals surface area contributed by atoms with Gasteiger partial charge >= 0.3 is 23.3 Å². The number of hydrogen-bond donors (Lipinski definition) is 9. The Balaban J connectivity index is 1.73. The number of benzene rings is 2. The van der Waals surface area contributed by atoms with Gasteiger partial charge in [-0.2, -0.15) is 0 Å². The molecule has 0 bridgehead atoms. The van der Waals surface area contributed by atoms with Gasteiger partial charge in [0.05, 0.1) is 11.6 Å². The number of phenols is 5. The fourth-order valence-corrected chi connectivity index (χ4v) is 3.80. The average molecular weight is 551 g/mol. The van der Waals surface area contributed by atoms with Crippen molar-refractivity contribution in [1.29, 1.82) is 0 Å². The van der Waals surface area contributed by atoms with Gasteiger partial charge in [0.1, 0.15) is 42.8 Å². The first kappa shape index (κ1) is 27.5. The number of rotatable bonds is 7. The molecule has 0 spiro atoms. The molecule has 15 heteroatoms. The number of aromatic hydroxyl groups is 5. The Bertz CT molecular complexity index is 1420. The van der Waals surface area contributed by atoms with E-state index in [1.807, 2.05) is 0 Å². The SMILES string of the molecule is O=C(O)CC(=O)OC[C@H]1O[C@@H](Oc2cc3c(O)c(O)c(O)cc3[o+]c2-c2ccc(O)c(O)c2)[C@H](O)[C@@H](O)[C@@H]1O. The lowest BCUT2D eigenvalue weighted by Crippen LogP contribution is -2.60. The molecule has 0 unspecified atom stereocenters. The first-order chi connectivity index (χ1) is 18.4. The van der Waals surface area contributed by atoms with Crippen LogP contribution in [0.3, 0.4) is 0 Å². The Labute approximate surface area is 217 Å². The van der Waals surface area contributed by atoms with Gasteiger partial charge in [-0.1, -0.05) is 0 Å². The highest BCUT2D eigenvalue weighted by atomic mass is 16.7. The van der Waals surface area contributed by atoms with Gasteiger partial charge in [-0.15, -0.1) is 0 Å². The average Bonchev–Trinajstić information content (AvgIpc) is 2.88. The number of ether oxygens (including phenoxy) is 3. The minimum absolute atomic E-state index is 0.0827. The quantitative estimate of drug-likeness (QED) is 0.0817. The topological polar surface area (TPSA) is 255 Å². The molecule has 15 nitrogen and oxygen atoms in total. The lowest BCUT2D eigenvalue weighted by molar-refractivity contribution is -0.278. The number of esters is 1. The molecule has 1 aliphatic rings. The van der Waals surface area contributed by atoms with Gasteiger partial charge < -0.3 is 60.2 Å². The third-order valence-corrected chi connectivity index (χ3v) is 5.82. The molecule has 2 heterocycles. The summed E-state index contributed by atoms with van der Waals surface area (Å²) in [6.07, 6.45) is -9.81. The number of aliphatic hydroxyl groups excluding tert-OH is 3. The molecule has 2 aromatic carbocycles. The number of fused-ring (bicyclic) bond motifs is 1. The van der Waals surface area contributed by atoms with E-state index in [0.29, 0.717) is 0 Å². The summed E-state index contributed by atoms with van der Waals surface area (Å²) in [5.41, 5.74) is -0.0826. The zero-order valence-electron chi connectivity index (χ0n) is 19.7. The van der Waals surface area contributed by atoms with Crippen molar-refractivity contribution < 1.29 is 74.2 Å². The fraction of sp³-hybridized carbons (Fsp3) is 0.292. The normalized spacial score (nSPS) is 22.9. The van der Waals surface area contributed by atoms with E-state index in [0.717, 1.165) is 24.3 Å². The minimum atomic E-state index is -1.90. The van der Waals surface area contributed by atoms with Crippen molar-refractivity contribution in [2.75, 3.05) is 6.61 Å². The van der Waals surface area contributed by atoms with Gasteiger partial charge in [0.15, 0.2) is 23.0 Å². The highest BCUT2D eigenvalue weighted by Crippen LogP contribution is 2.46. The smallest absolute Gasteiger partial charge is 0.402 e. The largest absolute Gasteiger partial charge is 0.504 e. The van der Waals surface area contributed by atoms with E-state index in [9.17, 15) is 50.4 Å². The molecule has 1 fully saturated rings. The van der Waals surface area contributed by atoms with Gasteiger partial charge in [0.2, 0.25) is 17.8 Å². The molecule has 39 heavy (non-hydrogen) atoms. The van der Waals surface area contributed by atoms with Crippen LogP contribution in [0.5, 0.6) is 34.5 Å². The van der Waals surface area contributed by atoms with Crippen LogP contribution in [0.25, 0.3) is 22.3 Å². The Morgan fingerprint density at radius 1 is 0.872 bits per heavy atom. The van der Waals surface area contributed by atoms with Gasteiger partial charge in [0.25, 0.3) is 0 Å². The van der Waals surface area contributed by atoms with E-state index >= 15 is 0 Å². The second-order valence-electron chi connectivity index (χ2n) is 8.53. The van der Waals surface area contributed by atoms with Gasteiger partial charge in [0, 0.05) is 12.1 Å². The number of hydrogen-bond acceptors (Lipinski definition) is 13. The summed E-state index contributed by atoms with van der Waals surface area (Å²) < 4.78 is 21.7. The maximum Gasteiger partial charge on any atom is 0.402 e. The van der Waals surface area contributed by atoms with Crippen molar-refractivity contribution in [3.05, 3.63) is 30.3 Å². The summed E-state index contributed by atoms with van der Waals surface area (Å²) in [6.45, 7) is -0.717. The number of aliphatic carboxylic acids is 1. The monoisotopic (exact) mass is 551 g/mol. The van der Waals surface area contributed by atoms with Crippen LogP contribution < -0.4 is 4.74 Å². The number of aliphatic hydroxyl groups is 3. The summed E-state index contributed by atoms with van der Waals surface area (Å²) in [4.78, 5) is 22.2. The minimum Gasteiger partial charge on any atom is -0.504 e. The van der Waals surface area contributed by atoms with Crippen molar-refractivity contribution in [2.24, 2.45) is 0 Å². The first-order valence-electron chi connectivity index (χ1n) is 11.2. The molecular weight excluding hydrogens is 528 g/mol. The van der Waals surface area contributed by atoms with Crippen molar-refractivity contribution in [3.63, 3.8) is 0 Å². The Morgan fingerprint density at radius 2 is 1.59 bits per heavy atom. The summed E-state index contributed by atoms with van der Waals surface area (Å²) in [6, 6.07) is 5.59. The van der Waals surface area contributed by atoms with E-state index in [4.69, 9.17) is 23.7 Å². The van der Waals surface area contributed by atoms with Gasteiger partial charge in [-0.25, -0.2) is 4.42 Å². The van der Waals surface area contributed by atoms with Crippen LogP contribution in [0.4, 0.5) is 0 Å². The number of phenolic OH excluding ortho intramolecular Hbond substituents is 5. The second-order valence-corrected chi connectivity index (χ2v) is 8.53. The molecule has 0 saturated carbocycles. The molecule has 208 valence electrons. The summed E-state index contributed by atoms with van der Waals surface area (Å²) in [7, 11) is 0. The van der Waals surface area contributed by atoms with Crippen LogP contribution in [0.1, 0.15) is 6.42 Å². The number of carbonyl (C=O) groups excluding carboxylic acids is 1. The van der Waals surface area contributed by atoms with Crippen molar-refractivity contribution in [2.45, 2.75) is 37.1 Å². The van der Waals surface area contributed by atoms with Crippen molar-refractivity contribution in [3.8, 4) is 45.8 Å². The molecule has 5 atom stereocenters. The van der Waals surface area contributed by atoms with Gasteiger partial charge in [-0.3, -0.25) is 9.59 Å². The van der Waals surface area contributed by atoms with E-state index in [-0.39, 0.29) is 28.0 Å². The molecule has 0 radical (unpaired) electrons. The van der Waals surface area contributed by atoms with Crippen molar-refractivity contribution >= 4 is 22.9 Å². The lowest BCUT2D eigenvalue weighted by Gasteiger charge is -2.39. The summed E-state index contributed by atoms with van der Waals surface area (Å²) in [5, 5.41) is 89.3. The number of carbonyl (C=O) groups is 2. The number of carboxylic acids is 1. The Morgan fingerprint density at radius 3 is 2.26 bits per heavy atom. The first-order valence-corrected chi connectivity index (χ1v) is 11.2. The fourth-order valence-electron chi connectivity index (χ4n) is 3.80. The highest BCUT2D eigenvalue weighted by Gasteiger charge is 2.46. The van der Waals surface area contributed by atoms with E-state index in [2.05, 4.69) is 0 Å². The summed E-state index contributed by atoms with van der Waals surface area (Å²) >= 11 is 0. The predicted molar refractivity (Wildman–Crippen MR) is 125 cm³/mol. The molecule has 1 aliphatic heterocycles. The van der Waals surface area contributed by atoms with E-state index < -0.39 is 84.4 Å². The van der Waals surface area contributed by atoms with Crippen LogP contribution in [-0.2, 0) is 19.1 Å². The molecule has 1 saturated heterocycles. The van der Waals surface area contributed by atoms with E-state index in [1.54, 1.807) is 0 Å². The third kappa shape index (κ3) is 5.51. The van der Waals surface area contributed by atoms with Crippen LogP contribution in [-0.4, -0.2) is 95.2 Å². The maximum absolute atomic E-state index is 11.6. The lowest BCUT2D eigenvalue weighted by atomic mass is 9.99. The van der Waals surface area contributed by atoms with Crippen LogP contribution in [0, 0.1) is 0 Å². The summed E-state index contributed by atoms with van der Waals surface area (Å²) in [5.74, 6) is -6.57. The Hall–Kier alpha value is -4.57. The maximum atomic E-state index is 11.6. The predicted octanol–water partition coefficient (Wildman–Crippen LogP) is 0.113. The molecular formula is C24H23O15+. The molecule has 1 aromatic heterocycles. The van der Waals surface area contributed by atoms with E-state index in [1.165, 1.54) is 6.07 Å². The van der Waals surface area contributed by atoms with Gasteiger partial charge in [-0.05, 0) is 12.1 Å². The van der Waals surface area contributed by atoms with Crippen LogP contribution >= 0.6 is 0 Å². The van der Waals surface area contributed by atoms with Crippen molar-refractivity contribution in [1.82, 2.24) is 0 Å². The zero-order valence-corrected chi connectivity index (χ0v) is 19.7. The number of carboxylic acid groups (broad SMARTS) is 1. The molecule has 9 N–H and O–H groups in total. The standard InChI is InChI=1S/C24H22O15/c25-10-2-1-8(3-11(10)26)23-14(4-9-13(37-23)5-12(27)19(32)18(9)31)38-24-22(35)21(34)20(33)15(39-24)7-36-17(30)6-16(28)29/h1-5,15,20-22,24,33-35H,6-7H2,(H5-,25,26,27,28,29,31,32)/p+1/t15-,20-,21+,22-,24-/m1/s1. The van der Waals surface area contributed by atoms with Crippen LogP contribution in [0.15, 0.2) is 34.7 Å². The molecule has 3 aromatic rings. The molecule has 4 rings (SSSR count). The zero-order chi connectivity index (χ0) is 28.6. The Kier molecular flexibility index (Phi) is 7.51. The molecule has 0 amide bonds. The molecule has 0 aliphatic carbocycles. The third-order valence-electron chi connectivity index (χ3n) is 5.82. The van der Waals surface area contributed by atoms with Crippen LogP contribution in [0.2, 0.25) is 0 Å². The second kappa shape index (κ2) is 10.7.